The van der Waals surface area contributed by atoms with Crippen LogP contribution in [-0.4, -0.2) is 19.5 Å². The highest BCUT2D eigenvalue weighted by Gasteiger charge is 2.22. The van der Waals surface area contributed by atoms with Crippen LogP contribution in [0.2, 0.25) is 0 Å². The molecule has 0 unspecified atom stereocenters. The van der Waals surface area contributed by atoms with Crippen molar-refractivity contribution in [3.63, 3.8) is 0 Å². The van der Waals surface area contributed by atoms with E-state index in [2.05, 4.69) is 138 Å². The van der Waals surface area contributed by atoms with Crippen LogP contribution in [-0.2, 0) is 0 Å². The number of para-hydroxylation sites is 1. The van der Waals surface area contributed by atoms with E-state index >= 15 is 0 Å². The standard InChI is InChI=1S/C45H28N4S/c1-4-14-29(15-5-1)32-24-26-38(36(28-32)45-47-43(30-16-6-2-7-17-30)46-44(48-45)31-18-8-3-9-19-31)49-37-22-12-10-20-33(37)34-25-27-40-41(42(34)49)35-21-11-13-23-39(35)50-40/h1-28H. The van der Waals surface area contributed by atoms with E-state index in [0.29, 0.717) is 17.5 Å². The highest BCUT2D eigenvalue weighted by molar-refractivity contribution is 7.26. The van der Waals surface area contributed by atoms with Gasteiger partial charge in [-0.05, 0) is 41.5 Å². The molecule has 0 bridgehead atoms. The van der Waals surface area contributed by atoms with Gasteiger partial charge in [-0.1, -0.05) is 140 Å². The Hall–Kier alpha value is -6.43. The van der Waals surface area contributed by atoms with Crippen LogP contribution in [0.25, 0.3) is 93.0 Å². The Morgan fingerprint density at radius 3 is 1.68 bits per heavy atom. The molecule has 10 rings (SSSR count). The molecule has 234 valence electrons. The first-order valence-corrected chi connectivity index (χ1v) is 17.5. The van der Waals surface area contributed by atoms with Crippen molar-refractivity contribution < 1.29 is 0 Å². The topological polar surface area (TPSA) is 43.6 Å². The molecule has 0 atom stereocenters. The summed E-state index contributed by atoms with van der Waals surface area (Å²) in [7, 11) is 0. The molecule has 3 aromatic heterocycles. The Labute approximate surface area is 292 Å². The molecule has 0 saturated carbocycles. The summed E-state index contributed by atoms with van der Waals surface area (Å²) in [6, 6.07) is 59.6. The normalized spacial score (nSPS) is 11.6. The van der Waals surface area contributed by atoms with Gasteiger partial charge < -0.3 is 4.57 Å². The van der Waals surface area contributed by atoms with Gasteiger partial charge in [0, 0.05) is 47.6 Å². The predicted molar refractivity (Wildman–Crippen MR) is 209 cm³/mol. The maximum atomic E-state index is 5.23. The molecule has 0 N–H and O–H groups in total. The second kappa shape index (κ2) is 11.6. The lowest BCUT2D eigenvalue weighted by molar-refractivity contribution is 1.06. The lowest BCUT2D eigenvalue weighted by Gasteiger charge is -2.17. The number of nitrogens with zero attached hydrogens (tertiary/aromatic N) is 4. The number of benzene rings is 7. The van der Waals surface area contributed by atoms with Gasteiger partial charge in [-0.2, -0.15) is 0 Å². The van der Waals surface area contributed by atoms with Crippen LogP contribution in [0.3, 0.4) is 0 Å². The summed E-state index contributed by atoms with van der Waals surface area (Å²) in [6.07, 6.45) is 0. The SMILES string of the molecule is c1ccc(-c2ccc(-n3c4ccccc4c4ccc5sc6ccccc6c5c43)c(-c3nc(-c4ccccc4)nc(-c4ccccc4)n3)c2)cc1. The average Bonchev–Trinajstić information content (AvgIpc) is 3.74. The van der Waals surface area contributed by atoms with Crippen LogP contribution < -0.4 is 0 Å². The molecule has 50 heavy (non-hydrogen) atoms. The van der Waals surface area contributed by atoms with Crippen molar-refractivity contribution in [1.29, 1.82) is 0 Å². The summed E-state index contributed by atoms with van der Waals surface area (Å²) in [5, 5.41) is 4.97. The van der Waals surface area contributed by atoms with E-state index < -0.39 is 0 Å². The minimum Gasteiger partial charge on any atom is -0.308 e. The molecule has 3 heterocycles. The van der Waals surface area contributed by atoms with Crippen LogP contribution in [0.1, 0.15) is 0 Å². The van der Waals surface area contributed by atoms with E-state index in [1.165, 1.54) is 36.5 Å². The van der Waals surface area contributed by atoms with Gasteiger partial charge >= 0.3 is 0 Å². The fraction of sp³-hybridized carbons (Fsp3) is 0. The monoisotopic (exact) mass is 656 g/mol. The molecule has 10 aromatic rings. The minimum absolute atomic E-state index is 0.624. The summed E-state index contributed by atoms with van der Waals surface area (Å²) >= 11 is 1.84. The molecule has 0 spiro atoms. The third-order valence-corrected chi connectivity index (χ3v) is 10.6. The van der Waals surface area contributed by atoms with Crippen LogP contribution >= 0.6 is 11.3 Å². The van der Waals surface area contributed by atoms with Gasteiger partial charge in [0.1, 0.15) is 0 Å². The van der Waals surface area contributed by atoms with E-state index in [-0.39, 0.29) is 0 Å². The molecular formula is C45H28N4S. The van der Waals surface area contributed by atoms with Gasteiger partial charge in [0.2, 0.25) is 0 Å². The molecule has 0 aliphatic heterocycles. The van der Waals surface area contributed by atoms with Gasteiger partial charge in [-0.3, -0.25) is 0 Å². The quantitative estimate of drug-likeness (QED) is 0.185. The van der Waals surface area contributed by atoms with Gasteiger partial charge in [-0.15, -0.1) is 11.3 Å². The number of rotatable bonds is 5. The Bertz CT molecular complexity index is 2800. The molecule has 0 radical (unpaired) electrons. The zero-order valence-corrected chi connectivity index (χ0v) is 27.7. The smallest absolute Gasteiger partial charge is 0.166 e. The van der Waals surface area contributed by atoms with Crippen molar-refractivity contribution in [2.45, 2.75) is 0 Å². The molecule has 0 aliphatic rings. The first kappa shape index (κ1) is 28.6. The third-order valence-electron chi connectivity index (χ3n) is 9.46. The maximum Gasteiger partial charge on any atom is 0.166 e. The number of hydrogen-bond donors (Lipinski definition) is 0. The summed E-state index contributed by atoms with van der Waals surface area (Å²) in [5.41, 5.74) is 8.39. The Morgan fingerprint density at radius 2 is 0.980 bits per heavy atom. The van der Waals surface area contributed by atoms with Gasteiger partial charge in [0.15, 0.2) is 17.5 Å². The Morgan fingerprint density at radius 1 is 0.400 bits per heavy atom. The van der Waals surface area contributed by atoms with Crippen LogP contribution in [0, 0.1) is 0 Å². The molecular weight excluding hydrogens is 629 g/mol. The first-order chi connectivity index (χ1) is 24.8. The summed E-state index contributed by atoms with van der Waals surface area (Å²) in [5.74, 6) is 1.90. The molecule has 0 amide bonds. The molecule has 0 aliphatic carbocycles. The molecule has 4 nitrogen and oxygen atoms in total. The number of thiophene rings is 1. The lowest BCUT2D eigenvalue weighted by atomic mass is 10.0. The highest BCUT2D eigenvalue weighted by atomic mass is 32.1. The second-order valence-electron chi connectivity index (χ2n) is 12.4. The number of aromatic nitrogens is 4. The highest BCUT2D eigenvalue weighted by Crippen LogP contribution is 2.44. The van der Waals surface area contributed by atoms with E-state index in [4.69, 9.17) is 15.0 Å². The summed E-state index contributed by atoms with van der Waals surface area (Å²) < 4.78 is 4.98. The van der Waals surface area contributed by atoms with E-state index in [1.54, 1.807) is 0 Å². The third kappa shape index (κ3) is 4.63. The van der Waals surface area contributed by atoms with E-state index in [0.717, 1.165) is 39.0 Å². The fourth-order valence-corrected chi connectivity index (χ4v) is 8.27. The van der Waals surface area contributed by atoms with Crippen LogP contribution in [0.15, 0.2) is 170 Å². The predicted octanol–water partition coefficient (Wildman–Crippen LogP) is 12.0. The number of hydrogen-bond acceptors (Lipinski definition) is 4. The lowest BCUT2D eigenvalue weighted by Crippen LogP contribution is -2.04. The maximum absolute atomic E-state index is 5.23. The van der Waals surface area contributed by atoms with Gasteiger partial charge in [0.25, 0.3) is 0 Å². The number of fused-ring (bicyclic) bond motifs is 7. The second-order valence-corrected chi connectivity index (χ2v) is 13.5. The Balaban J connectivity index is 1.34. The van der Waals surface area contributed by atoms with Crippen molar-refractivity contribution >= 4 is 53.3 Å². The largest absolute Gasteiger partial charge is 0.308 e. The fourth-order valence-electron chi connectivity index (χ4n) is 7.16. The summed E-state index contributed by atoms with van der Waals surface area (Å²) in [4.78, 5) is 15.5. The van der Waals surface area contributed by atoms with Gasteiger partial charge in [-0.25, -0.2) is 15.0 Å². The Kier molecular flexibility index (Phi) is 6.64. The van der Waals surface area contributed by atoms with Crippen LogP contribution in [0.4, 0.5) is 0 Å². The summed E-state index contributed by atoms with van der Waals surface area (Å²) in [6.45, 7) is 0. The zero-order valence-electron chi connectivity index (χ0n) is 26.9. The zero-order chi connectivity index (χ0) is 33.0. The van der Waals surface area contributed by atoms with Crippen LogP contribution in [0.5, 0.6) is 0 Å². The molecule has 7 aromatic carbocycles. The van der Waals surface area contributed by atoms with E-state index in [1.807, 2.05) is 47.7 Å². The van der Waals surface area contributed by atoms with Crippen molar-refractivity contribution in [3.05, 3.63) is 170 Å². The first-order valence-electron chi connectivity index (χ1n) is 16.7. The molecule has 0 fully saturated rings. The van der Waals surface area contributed by atoms with Crippen molar-refractivity contribution in [3.8, 4) is 51.0 Å². The molecule has 0 saturated heterocycles. The van der Waals surface area contributed by atoms with Crippen molar-refractivity contribution in [2.75, 3.05) is 0 Å². The van der Waals surface area contributed by atoms with E-state index in [9.17, 15) is 0 Å². The van der Waals surface area contributed by atoms with Gasteiger partial charge in [0.05, 0.1) is 16.7 Å². The minimum atomic E-state index is 0.624. The molecule has 5 heteroatoms. The van der Waals surface area contributed by atoms with Crippen molar-refractivity contribution in [1.82, 2.24) is 19.5 Å². The van der Waals surface area contributed by atoms with Crippen molar-refractivity contribution in [2.24, 2.45) is 0 Å². The average molecular weight is 657 g/mol.